The molecule has 0 bridgehead atoms. The number of benzene rings is 1. The van der Waals surface area contributed by atoms with E-state index in [2.05, 4.69) is 0 Å². The van der Waals surface area contributed by atoms with Gasteiger partial charge in [-0.05, 0) is 30.0 Å². The summed E-state index contributed by atoms with van der Waals surface area (Å²) in [5, 5.41) is 9.89. The lowest BCUT2D eigenvalue weighted by Crippen LogP contribution is -2.27. The average molecular weight is 246 g/mol. The first-order chi connectivity index (χ1) is 7.41. The lowest BCUT2D eigenvalue weighted by Gasteiger charge is -2.21. The third-order valence-electron chi connectivity index (χ3n) is 2.46. The fourth-order valence-corrected chi connectivity index (χ4v) is 1.69. The Morgan fingerprint density at radius 2 is 2.06 bits per heavy atom. The first-order valence-corrected chi connectivity index (χ1v) is 5.68. The lowest BCUT2D eigenvalue weighted by atomic mass is 9.95. The minimum Gasteiger partial charge on any atom is -0.391 e. The van der Waals surface area contributed by atoms with Gasteiger partial charge in [0.25, 0.3) is 0 Å². The van der Waals surface area contributed by atoms with Gasteiger partial charge in [-0.2, -0.15) is 0 Å². The molecule has 16 heavy (non-hydrogen) atoms. The van der Waals surface area contributed by atoms with E-state index < -0.39 is 18.0 Å². The summed E-state index contributed by atoms with van der Waals surface area (Å²) in [6.07, 6.45) is -0.0774. The molecular formula is C12H17ClFNO. The van der Waals surface area contributed by atoms with Gasteiger partial charge >= 0.3 is 0 Å². The molecular weight excluding hydrogens is 229 g/mol. The zero-order chi connectivity index (χ0) is 12.3. The number of rotatable bonds is 4. The largest absolute Gasteiger partial charge is 0.391 e. The van der Waals surface area contributed by atoms with Crippen molar-refractivity contribution in [3.05, 3.63) is 34.6 Å². The quantitative estimate of drug-likeness (QED) is 0.857. The predicted octanol–water partition coefficient (Wildman–Crippen LogP) is 2.89. The summed E-state index contributed by atoms with van der Waals surface area (Å²) in [5.74, 6) is -0.162. The Morgan fingerprint density at radius 1 is 1.44 bits per heavy atom. The maximum Gasteiger partial charge on any atom is 0.142 e. The minimum atomic E-state index is -0.666. The van der Waals surface area contributed by atoms with Crippen molar-refractivity contribution >= 4 is 11.6 Å². The number of aliphatic hydroxyl groups is 1. The molecule has 0 saturated carbocycles. The standard InChI is InChI=1S/C12H17ClFNO/c1-7(2)5-11(16)12(15)8-3-4-9(13)10(14)6-8/h3-4,6-7,11-12,16H,5,15H2,1-2H3/t11-,12+/m1/s1. The SMILES string of the molecule is CC(C)C[C@@H](O)[C@@H](N)c1ccc(Cl)c(F)c1. The van der Waals surface area contributed by atoms with Crippen molar-refractivity contribution < 1.29 is 9.50 Å². The van der Waals surface area contributed by atoms with Crippen molar-refractivity contribution in [2.24, 2.45) is 11.7 Å². The maximum atomic E-state index is 13.2. The van der Waals surface area contributed by atoms with E-state index >= 15 is 0 Å². The van der Waals surface area contributed by atoms with Gasteiger partial charge in [0, 0.05) is 0 Å². The molecule has 0 saturated heterocycles. The third kappa shape index (κ3) is 3.44. The second kappa shape index (κ2) is 5.62. The Bertz CT molecular complexity index is 357. The highest BCUT2D eigenvalue weighted by Crippen LogP contribution is 2.23. The highest BCUT2D eigenvalue weighted by Gasteiger charge is 2.18. The monoisotopic (exact) mass is 245 g/mol. The summed E-state index contributed by atoms with van der Waals surface area (Å²) in [6, 6.07) is 3.79. The van der Waals surface area contributed by atoms with Gasteiger partial charge in [0.1, 0.15) is 5.82 Å². The highest BCUT2D eigenvalue weighted by atomic mass is 35.5. The molecule has 0 radical (unpaired) electrons. The van der Waals surface area contributed by atoms with Crippen LogP contribution in [0.15, 0.2) is 18.2 Å². The Balaban J connectivity index is 2.79. The molecule has 3 N–H and O–H groups in total. The van der Waals surface area contributed by atoms with Crippen LogP contribution in [0.3, 0.4) is 0 Å². The van der Waals surface area contributed by atoms with Gasteiger partial charge in [0.2, 0.25) is 0 Å². The van der Waals surface area contributed by atoms with Crippen molar-refractivity contribution in [1.82, 2.24) is 0 Å². The molecule has 0 spiro atoms. The summed E-state index contributed by atoms with van der Waals surface area (Å²) in [7, 11) is 0. The highest BCUT2D eigenvalue weighted by molar-refractivity contribution is 6.30. The predicted molar refractivity (Wildman–Crippen MR) is 63.8 cm³/mol. The second-order valence-electron chi connectivity index (χ2n) is 4.40. The van der Waals surface area contributed by atoms with Crippen molar-refractivity contribution in [3.63, 3.8) is 0 Å². The van der Waals surface area contributed by atoms with Crippen LogP contribution < -0.4 is 5.73 Å². The fraction of sp³-hybridized carbons (Fsp3) is 0.500. The van der Waals surface area contributed by atoms with Crippen molar-refractivity contribution in [1.29, 1.82) is 0 Å². The molecule has 0 unspecified atom stereocenters. The molecule has 2 nitrogen and oxygen atoms in total. The van der Waals surface area contributed by atoms with Gasteiger partial charge in [-0.25, -0.2) is 4.39 Å². The molecule has 0 aliphatic rings. The molecule has 0 aromatic heterocycles. The Morgan fingerprint density at radius 3 is 2.56 bits per heavy atom. The van der Waals surface area contributed by atoms with Gasteiger partial charge in [0.05, 0.1) is 17.2 Å². The van der Waals surface area contributed by atoms with Crippen LogP contribution >= 0.6 is 11.6 Å². The summed E-state index contributed by atoms with van der Waals surface area (Å²) in [6.45, 7) is 4.00. The Labute approximate surface area is 100 Å². The second-order valence-corrected chi connectivity index (χ2v) is 4.80. The van der Waals surface area contributed by atoms with Crippen LogP contribution in [0.25, 0.3) is 0 Å². The summed E-state index contributed by atoms with van der Waals surface area (Å²) < 4.78 is 13.2. The average Bonchev–Trinajstić information content (AvgIpc) is 2.20. The maximum absolute atomic E-state index is 13.2. The van der Waals surface area contributed by atoms with E-state index in [1.807, 2.05) is 13.8 Å². The van der Waals surface area contributed by atoms with Crippen molar-refractivity contribution in [2.75, 3.05) is 0 Å². The van der Waals surface area contributed by atoms with E-state index in [1.54, 1.807) is 6.07 Å². The molecule has 0 amide bonds. The Kier molecular flexibility index (Phi) is 4.71. The van der Waals surface area contributed by atoms with Gasteiger partial charge in [0.15, 0.2) is 0 Å². The van der Waals surface area contributed by atoms with Crippen LogP contribution in [0.1, 0.15) is 31.9 Å². The fourth-order valence-electron chi connectivity index (χ4n) is 1.57. The molecule has 2 atom stereocenters. The summed E-state index contributed by atoms with van der Waals surface area (Å²) >= 11 is 5.57. The van der Waals surface area contributed by atoms with E-state index in [4.69, 9.17) is 17.3 Å². The number of hydrogen-bond acceptors (Lipinski definition) is 2. The normalized spacial score (nSPS) is 15.2. The van der Waals surface area contributed by atoms with Crippen LogP contribution in [0, 0.1) is 11.7 Å². The zero-order valence-electron chi connectivity index (χ0n) is 9.45. The van der Waals surface area contributed by atoms with E-state index in [0.29, 0.717) is 17.9 Å². The van der Waals surface area contributed by atoms with Crippen molar-refractivity contribution in [3.8, 4) is 0 Å². The van der Waals surface area contributed by atoms with Gasteiger partial charge < -0.3 is 10.8 Å². The third-order valence-corrected chi connectivity index (χ3v) is 2.76. The number of halogens is 2. The van der Waals surface area contributed by atoms with E-state index in [-0.39, 0.29) is 5.02 Å². The summed E-state index contributed by atoms with van der Waals surface area (Å²) in [5.41, 5.74) is 6.41. The summed E-state index contributed by atoms with van der Waals surface area (Å²) in [4.78, 5) is 0. The molecule has 0 aliphatic carbocycles. The smallest absolute Gasteiger partial charge is 0.142 e. The van der Waals surface area contributed by atoms with Crippen molar-refractivity contribution in [2.45, 2.75) is 32.4 Å². The number of hydrogen-bond donors (Lipinski definition) is 2. The first kappa shape index (κ1) is 13.4. The topological polar surface area (TPSA) is 46.2 Å². The molecule has 1 rings (SSSR count). The van der Waals surface area contributed by atoms with Crippen LogP contribution in [0.2, 0.25) is 5.02 Å². The molecule has 90 valence electrons. The van der Waals surface area contributed by atoms with E-state index in [0.717, 1.165) is 0 Å². The molecule has 1 aromatic rings. The molecule has 4 heteroatoms. The number of nitrogens with two attached hydrogens (primary N) is 1. The minimum absolute atomic E-state index is 0.0642. The van der Waals surface area contributed by atoms with Gasteiger partial charge in [-0.1, -0.05) is 31.5 Å². The first-order valence-electron chi connectivity index (χ1n) is 5.30. The lowest BCUT2D eigenvalue weighted by molar-refractivity contribution is 0.121. The zero-order valence-corrected chi connectivity index (χ0v) is 10.2. The van der Waals surface area contributed by atoms with Crippen LogP contribution in [0.5, 0.6) is 0 Å². The van der Waals surface area contributed by atoms with Crippen LogP contribution in [-0.4, -0.2) is 11.2 Å². The molecule has 0 aliphatic heterocycles. The van der Waals surface area contributed by atoms with Gasteiger partial charge in [-0.3, -0.25) is 0 Å². The molecule has 0 fully saturated rings. The van der Waals surface area contributed by atoms with Crippen LogP contribution in [-0.2, 0) is 0 Å². The Hall–Kier alpha value is -0.640. The van der Waals surface area contributed by atoms with E-state index in [1.165, 1.54) is 12.1 Å². The van der Waals surface area contributed by atoms with E-state index in [9.17, 15) is 9.50 Å². The number of aliphatic hydroxyl groups excluding tert-OH is 1. The van der Waals surface area contributed by atoms with Gasteiger partial charge in [-0.15, -0.1) is 0 Å². The molecule has 0 heterocycles. The molecule has 1 aromatic carbocycles. The van der Waals surface area contributed by atoms with Crippen LogP contribution in [0.4, 0.5) is 4.39 Å².